The largest absolute Gasteiger partial charge is 0.421 e. The molecule has 0 amide bonds. The van der Waals surface area contributed by atoms with Gasteiger partial charge in [-0.1, -0.05) is 36.4 Å². The molecule has 3 N–H and O–H groups in total. The fourth-order valence-corrected chi connectivity index (χ4v) is 7.93. The van der Waals surface area contributed by atoms with Crippen molar-refractivity contribution in [3.05, 3.63) is 239 Å². The Morgan fingerprint density at radius 1 is 0.556 bits per heavy atom. The van der Waals surface area contributed by atoms with Crippen molar-refractivity contribution in [3.8, 4) is 5.69 Å². The van der Waals surface area contributed by atoms with Crippen molar-refractivity contribution in [1.29, 1.82) is 0 Å². The fourth-order valence-electron chi connectivity index (χ4n) is 6.72. The molecule has 0 unspecified atom stereocenters. The first-order valence-electron chi connectivity index (χ1n) is 21.8. The third-order valence-electron chi connectivity index (χ3n) is 10.0. The summed E-state index contributed by atoms with van der Waals surface area (Å²) in [4.78, 5) is 72.3. The van der Waals surface area contributed by atoms with E-state index in [9.17, 15) is 24.0 Å². The second kappa shape index (κ2) is 24.3. The van der Waals surface area contributed by atoms with Crippen LogP contribution >= 0.6 is 45.2 Å². The number of hydrogen-bond donors (Lipinski definition) is 3. The van der Waals surface area contributed by atoms with E-state index in [2.05, 4.69) is 80.4 Å². The summed E-state index contributed by atoms with van der Waals surface area (Å²) in [7, 11) is 0. The van der Waals surface area contributed by atoms with E-state index in [1.165, 1.54) is 31.1 Å². The molecular weight excluding hydrogens is 1150 g/mol. The van der Waals surface area contributed by atoms with Crippen molar-refractivity contribution in [2.24, 2.45) is 0 Å². The lowest BCUT2D eigenvalue weighted by atomic mass is 10.2. The van der Waals surface area contributed by atoms with Gasteiger partial charge in [0.05, 0.1) is 31.1 Å². The van der Waals surface area contributed by atoms with Crippen molar-refractivity contribution in [1.82, 2.24) is 49.0 Å². The molecule has 0 aliphatic carbocycles. The van der Waals surface area contributed by atoms with Crippen LogP contribution in [0.4, 0.5) is 0 Å². The number of H-pyrrole nitrogens is 2. The maximum absolute atomic E-state index is 12.2. The zero-order valence-corrected chi connectivity index (χ0v) is 43.3. The second-order valence-corrected chi connectivity index (χ2v) is 18.2. The first kappa shape index (κ1) is 51.9. The van der Waals surface area contributed by atoms with Gasteiger partial charge in [0.1, 0.15) is 0 Å². The summed E-state index contributed by atoms with van der Waals surface area (Å²) in [6.45, 7) is 8.33. The number of aryl methyl sites for hydroxylation is 4. The van der Waals surface area contributed by atoms with E-state index < -0.39 is 11.5 Å². The SMILES string of the molecule is Cc1ccc2oc(=O)[nH]c2n1.Cc1ccc2oc(=O)n(Cc3cccc(-n4nc(C)ccc4=O)c3)c2n1.Cc1ccc2oc(=O)n(Cc3cccc(I)c3)c2n1.O=c1cccn[nH]1.OCc1cccc(I)c1. The monoisotopic (exact) mass is 1190 g/mol. The second-order valence-electron chi connectivity index (χ2n) is 15.7. The molecule has 8 aromatic heterocycles. The number of fused-ring (bicyclic) bond motifs is 3. The molecule has 3 aromatic carbocycles. The number of hydrogen-bond acceptors (Lipinski definition) is 14. The maximum Gasteiger partial charge on any atom is 0.421 e. The summed E-state index contributed by atoms with van der Waals surface area (Å²) in [5.74, 6) is -1.29. The highest BCUT2D eigenvalue weighted by Gasteiger charge is 2.13. The minimum atomic E-state index is -0.464. The summed E-state index contributed by atoms with van der Waals surface area (Å²) in [5, 5.41) is 18.6. The van der Waals surface area contributed by atoms with Gasteiger partial charge in [-0.15, -0.1) is 0 Å². The zero-order chi connectivity index (χ0) is 51.3. The molecule has 0 atom stereocenters. The van der Waals surface area contributed by atoms with E-state index in [0.717, 1.165) is 43.0 Å². The average molecular weight is 1190 g/mol. The number of aromatic amines is 2. The molecule has 0 saturated heterocycles. The summed E-state index contributed by atoms with van der Waals surface area (Å²) in [5.41, 5.74) is 9.50. The van der Waals surface area contributed by atoms with Gasteiger partial charge in [-0.25, -0.2) is 34.4 Å². The van der Waals surface area contributed by atoms with Crippen LogP contribution in [0.2, 0.25) is 0 Å². The third kappa shape index (κ3) is 14.1. The minimum absolute atomic E-state index is 0.136. The lowest BCUT2D eigenvalue weighted by Gasteiger charge is -2.08. The van der Waals surface area contributed by atoms with Gasteiger partial charge in [0.25, 0.3) is 11.1 Å². The third-order valence-corrected chi connectivity index (χ3v) is 11.4. The molecule has 72 heavy (non-hydrogen) atoms. The Bertz CT molecular complexity index is 3930. The van der Waals surface area contributed by atoms with Crippen LogP contribution in [-0.2, 0) is 19.7 Å². The van der Waals surface area contributed by atoms with Crippen LogP contribution in [0.1, 0.15) is 39.5 Å². The summed E-state index contributed by atoms with van der Waals surface area (Å²) >= 11 is 4.47. The first-order chi connectivity index (χ1) is 34.6. The Kier molecular flexibility index (Phi) is 17.5. The minimum Gasteiger partial charge on any atom is -0.406 e. The van der Waals surface area contributed by atoms with E-state index in [0.29, 0.717) is 45.9 Å². The molecule has 0 aliphatic rings. The van der Waals surface area contributed by atoms with Gasteiger partial charge in [0.15, 0.2) is 33.7 Å². The van der Waals surface area contributed by atoms with E-state index in [1.54, 1.807) is 53.1 Å². The van der Waals surface area contributed by atoms with Gasteiger partial charge in [0, 0.05) is 42.6 Å². The molecule has 0 spiro atoms. The molecule has 0 aliphatic heterocycles. The molecule has 21 heteroatoms. The van der Waals surface area contributed by atoms with Gasteiger partial charge in [-0.2, -0.15) is 14.9 Å². The van der Waals surface area contributed by atoms with Gasteiger partial charge >= 0.3 is 17.3 Å². The van der Waals surface area contributed by atoms with Crippen LogP contribution < -0.4 is 28.4 Å². The van der Waals surface area contributed by atoms with E-state index in [-0.39, 0.29) is 30.0 Å². The van der Waals surface area contributed by atoms with E-state index in [1.807, 2.05) is 100 Å². The van der Waals surface area contributed by atoms with Gasteiger partial charge in [-0.05, 0) is 174 Å². The summed E-state index contributed by atoms with van der Waals surface area (Å²) < 4.78 is 21.9. The van der Waals surface area contributed by atoms with Crippen molar-refractivity contribution >= 4 is 78.9 Å². The molecule has 0 radical (unpaired) electrons. The number of aliphatic hydroxyl groups excluding tert-OH is 1. The number of oxazole rings is 3. The Balaban J connectivity index is 0.000000144. The molecule has 0 bridgehead atoms. The van der Waals surface area contributed by atoms with Gasteiger partial charge in [0.2, 0.25) is 0 Å². The molecule has 366 valence electrons. The smallest absolute Gasteiger partial charge is 0.406 e. The Morgan fingerprint density at radius 3 is 1.61 bits per heavy atom. The van der Waals surface area contributed by atoms with E-state index >= 15 is 0 Å². The number of rotatable bonds is 6. The lowest BCUT2D eigenvalue weighted by Crippen LogP contribution is -2.21. The molecule has 0 fully saturated rings. The number of benzene rings is 3. The van der Waals surface area contributed by atoms with Crippen molar-refractivity contribution in [2.75, 3.05) is 0 Å². The van der Waals surface area contributed by atoms with Gasteiger partial charge in [-0.3, -0.25) is 23.7 Å². The molecular formula is C51H44I2N10O9. The molecule has 0 saturated carbocycles. The number of nitrogens with zero attached hydrogens (tertiary/aromatic N) is 8. The predicted octanol–water partition coefficient (Wildman–Crippen LogP) is 7.53. The maximum atomic E-state index is 12.2. The summed E-state index contributed by atoms with van der Waals surface area (Å²) in [6.07, 6.45) is 1.52. The van der Waals surface area contributed by atoms with Crippen LogP contribution in [0.15, 0.2) is 177 Å². The Morgan fingerprint density at radius 2 is 1.08 bits per heavy atom. The summed E-state index contributed by atoms with van der Waals surface area (Å²) in [6, 6.07) is 40.0. The van der Waals surface area contributed by atoms with Crippen LogP contribution in [0, 0.1) is 34.8 Å². The average Bonchev–Trinajstić information content (AvgIpc) is 3.99. The van der Waals surface area contributed by atoms with Crippen LogP contribution in [0.25, 0.3) is 39.4 Å². The number of halogens is 2. The highest BCUT2D eigenvalue weighted by molar-refractivity contribution is 14.1. The normalized spacial score (nSPS) is 10.6. The zero-order valence-electron chi connectivity index (χ0n) is 38.9. The van der Waals surface area contributed by atoms with Crippen molar-refractivity contribution in [2.45, 2.75) is 47.4 Å². The number of nitrogens with one attached hydrogen (secondary N) is 2. The predicted molar refractivity (Wildman–Crippen MR) is 287 cm³/mol. The van der Waals surface area contributed by atoms with Gasteiger partial charge < -0.3 is 18.4 Å². The van der Waals surface area contributed by atoms with Crippen molar-refractivity contribution in [3.63, 3.8) is 0 Å². The van der Waals surface area contributed by atoms with Crippen LogP contribution in [0.3, 0.4) is 0 Å². The molecule has 19 nitrogen and oxygen atoms in total. The topological polar surface area (TPSA) is 256 Å². The molecule has 8 heterocycles. The van der Waals surface area contributed by atoms with Crippen LogP contribution in [-0.4, -0.2) is 54.2 Å². The standard InChI is InChI=1S/C19H16N4O3.C14H11IN2O2.C7H7IO.C7H6N2O2.C4H4N2O/c1-12-6-8-16-18(20-12)22(19(25)26-16)11-14-4-3-5-15(10-14)23-17(24)9-7-13(2)21-23;1-9-5-6-12-13(16-9)17(14(18)19-12)8-10-3-2-4-11(15)7-10;8-7-3-1-2-6(4-7)5-9;1-4-2-3-5-6(8-4)9-7(10)11-5;7-4-2-1-3-5-6-4/h3-10H,11H2,1-2H3;2-7H,8H2,1H3;1-4,9H,5H2;2-3H,1H3,(H,8,9,10);1-3H,(H,6,7). The number of aromatic nitrogens is 10. The van der Waals surface area contributed by atoms with Crippen molar-refractivity contribution < 1.29 is 18.4 Å². The van der Waals surface area contributed by atoms with Crippen LogP contribution in [0.5, 0.6) is 0 Å². The van der Waals surface area contributed by atoms with E-state index in [4.69, 9.17) is 18.4 Å². The molecule has 11 aromatic rings. The molecule has 11 rings (SSSR count). The highest BCUT2D eigenvalue weighted by Crippen LogP contribution is 2.17. The lowest BCUT2D eigenvalue weighted by molar-refractivity contribution is 0.282. The first-order valence-corrected chi connectivity index (χ1v) is 23.9. The quantitative estimate of drug-likeness (QED) is 0.136. The Hall–Kier alpha value is -7.90. The number of pyridine rings is 3. The highest BCUT2D eigenvalue weighted by atomic mass is 127. The fraction of sp³-hybridized carbons (Fsp3) is 0.137. The Labute approximate surface area is 435 Å². The number of aliphatic hydroxyl groups is 1.